The Labute approximate surface area is 117 Å². The predicted octanol–water partition coefficient (Wildman–Crippen LogP) is 2.99. The van der Waals surface area contributed by atoms with Crippen LogP contribution in [-0.4, -0.2) is 25.2 Å². The molecule has 110 valence electrons. The Morgan fingerprint density at radius 2 is 2.11 bits per heavy atom. The molecule has 2 saturated carbocycles. The van der Waals surface area contributed by atoms with Crippen molar-refractivity contribution in [3.63, 3.8) is 0 Å². The molecular formula is C16H29NO2. The van der Waals surface area contributed by atoms with Gasteiger partial charge in [-0.05, 0) is 37.1 Å². The molecule has 1 N–H and O–H groups in total. The van der Waals surface area contributed by atoms with E-state index in [-0.39, 0.29) is 23.4 Å². The van der Waals surface area contributed by atoms with E-state index < -0.39 is 0 Å². The third-order valence-corrected chi connectivity index (χ3v) is 6.08. The highest BCUT2D eigenvalue weighted by molar-refractivity contribution is 5.72. The molecule has 2 aliphatic rings. The molecule has 2 fully saturated rings. The fraction of sp³-hybridized carbons (Fsp3) is 0.938. The standard InChI is InChI=1S/C16H29NO2/c1-6-17-10-11(2)14(18)19-13-9-12-7-8-16(13,5)15(12,3)4/h11-13,17H,6-10H2,1-5H3. The van der Waals surface area contributed by atoms with Crippen molar-refractivity contribution in [2.24, 2.45) is 22.7 Å². The number of carbonyl (C=O) groups excluding carboxylic acids is 1. The van der Waals surface area contributed by atoms with E-state index in [1.807, 2.05) is 6.92 Å². The zero-order chi connectivity index (χ0) is 14.3. The Balaban J connectivity index is 1.96. The van der Waals surface area contributed by atoms with E-state index in [4.69, 9.17) is 4.74 Å². The minimum atomic E-state index is -0.0502. The Morgan fingerprint density at radius 3 is 2.58 bits per heavy atom. The monoisotopic (exact) mass is 267 g/mol. The molecule has 0 spiro atoms. The molecule has 0 aliphatic heterocycles. The third kappa shape index (κ3) is 2.31. The summed E-state index contributed by atoms with van der Waals surface area (Å²) in [5.74, 6) is 0.640. The molecule has 0 aromatic rings. The molecule has 3 nitrogen and oxygen atoms in total. The summed E-state index contributed by atoms with van der Waals surface area (Å²) < 4.78 is 5.86. The summed E-state index contributed by atoms with van der Waals surface area (Å²) in [5, 5.41) is 3.21. The molecule has 3 heteroatoms. The van der Waals surface area contributed by atoms with Gasteiger partial charge in [0.05, 0.1) is 5.92 Å². The van der Waals surface area contributed by atoms with E-state index in [1.165, 1.54) is 12.8 Å². The number of nitrogens with one attached hydrogen (secondary N) is 1. The van der Waals surface area contributed by atoms with Gasteiger partial charge in [-0.1, -0.05) is 34.6 Å². The average Bonchev–Trinajstić information content (AvgIpc) is 2.68. The number of hydrogen-bond acceptors (Lipinski definition) is 3. The first-order chi connectivity index (χ1) is 8.83. The molecular weight excluding hydrogens is 238 g/mol. The molecule has 2 rings (SSSR count). The highest BCUT2D eigenvalue weighted by Gasteiger charge is 2.62. The maximum atomic E-state index is 12.2. The Kier molecular flexibility index (Phi) is 3.97. The van der Waals surface area contributed by atoms with Crippen LogP contribution in [0.1, 0.15) is 53.9 Å². The lowest BCUT2D eigenvalue weighted by atomic mass is 9.70. The topological polar surface area (TPSA) is 38.3 Å². The van der Waals surface area contributed by atoms with Crippen molar-refractivity contribution < 1.29 is 9.53 Å². The van der Waals surface area contributed by atoms with E-state index in [0.717, 1.165) is 18.9 Å². The SMILES string of the molecule is CCNCC(C)C(=O)OC1CC2CCC1(C)C2(C)C. The maximum Gasteiger partial charge on any atom is 0.310 e. The van der Waals surface area contributed by atoms with Gasteiger partial charge in [0.2, 0.25) is 0 Å². The maximum absolute atomic E-state index is 12.2. The molecule has 2 aliphatic carbocycles. The highest BCUT2D eigenvalue weighted by atomic mass is 16.5. The first kappa shape index (κ1) is 14.8. The van der Waals surface area contributed by atoms with Gasteiger partial charge in [-0.25, -0.2) is 0 Å². The highest BCUT2D eigenvalue weighted by Crippen LogP contribution is 2.66. The first-order valence-corrected chi connectivity index (χ1v) is 7.74. The molecule has 0 saturated heterocycles. The fourth-order valence-corrected chi connectivity index (χ4v) is 4.01. The molecule has 0 aromatic heterocycles. The minimum Gasteiger partial charge on any atom is -0.462 e. The zero-order valence-corrected chi connectivity index (χ0v) is 13.1. The van der Waals surface area contributed by atoms with Crippen molar-refractivity contribution in [1.29, 1.82) is 0 Å². The summed E-state index contributed by atoms with van der Waals surface area (Å²) in [5.41, 5.74) is 0.480. The van der Waals surface area contributed by atoms with Gasteiger partial charge < -0.3 is 10.1 Å². The average molecular weight is 267 g/mol. The summed E-state index contributed by atoms with van der Waals surface area (Å²) in [6.07, 6.45) is 3.68. The zero-order valence-electron chi connectivity index (χ0n) is 13.1. The molecule has 0 amide bonds. The molecule has 19 heavy (non-hydrogen) atoms. The smallest absolute Gasteiger partial charge is 0.310 e. The third-order valence-electron chi connectivity index (χ3n) is 6.08. The number of fused-ring (bicyclic) bond motifs is 2. The van der Waals surface area contributed by atoms with Gasteiger partial charge in [0.1, 0.15) is 6.10 Å². The number of esters is 1. The summed E-state index contributed by atoms with van der Waals surface area (Å²) in [4.78, 5) is 12.2. The van der Waals surface area contributed by atoms with Crippen LogP contribution < -0.4 is 5.32 Å². The van der Waals surface area contributed by atoms with Gasteiger partial charge in [0, 0.05) is 12.0 Å². The van der Waals surface area contributed by atoms with Gasteiger partial charge in [0.25, 0.3) is 0 Å². The second kappa shape index (κ2) is 5.08. The van der Waals surface area contributed by atoms with Crippen LogP contribution in [0.25, 0.3) is 0 Å². The minimum absolute atomic E-state index is 0.0319. The Hall–Kier alpha value is -0.570. The number of rotatable bonds is 5. The molecule has 4 atom stereocenters. The summed E-state index contributed by atoms with van der Waals surface area (Å²) in [6.45, 7) is 12.6. The van der Waals surface area contributed by atoms with Crippen molar-refractivity contribution in [3.8, 4) is 0 Å². The van der Waals surface area contributed by atoms with E-state index in [9.17, 15) is 4.79 Å². The summed E-state index contributed by atoms with van der Waals surface area (Å²) in [7, 11) is 0. The predicted molar refractivity (Wildman–Crippen MR) is 76.8 cm³/mol. The lowest BCUT2D eigenvalue weighted by Gasteiger charge is -2.38. The fourth-order valence-electron chi connectivity index (χ4n) is 4.01. The van der Waals surface area contributed by atoms with Crippen LogP contribution in [-0.2, 0) is 9.53 Å². The second-order valence-electron chi connectivity index (χ2n) is 7.24. The van der Waals surface area contributed by atoms with Gasteiger partial charge in [-0.3, -0.25) is 4.79 Å². The van der Waals surface area contributed by atoms with Crippen LogP contribution in [0.15, 0.2) is 0 Å². The van der Waals surface area contributed by atoms with Crippen LogP contribution in [0, 0.1) is 22.7 Å². The van der Waals surface area contributed by atoms with Gasteiger partial charge in [-0.2, -0.15) is 0 Å². The molecule has 0 radical (unpaired) electrons. The van der Waals surface area contributed by atoms with Crippen molar-refractivity contribution in [1.82, 2.24) is 5.32 Å². The Bertz CT molecular complexity index is 353. The molecule has 0 aromatic carbocycles. The van der Waals surface area contributed by atoms with Gasteiger partial charge in [0.15, 0.2) is 0 Å². The summed E-state index contributed by atoms with van der Waals surface area (Å²) >= 11 is 0. The Morgan fingerprint density at radius 1 is 1.42 bits per heavy atom. The van der Waals surface area contributed by atoms with Gasteiger partial charge >= 0.3 is 5.97 Å². The van der Waals surface area contributed by atoms with E-state index in [0.29, 0.717) is 12.0 Å². The van der Waals surface area contributed by atoms with Crippen molar-refractivity contribution in [2.45, 2.75) is 60.0 Å². The normalized spacial score (nSPS) is 37.3. The van der Waals surface area contributed by atoms with Crippen LogP contribution in [0.3, 0.4) is 0 Å². The second-order valence-corrected chi connectivity index (χ2v) is 7.24. The molecule has 2 bridgehead atoms. The van der Waals surface area contributed by atoms with Crippen molar-refractivity contribution in [2.75, 3.05) is 13.1 Å². The van der Waals surface area contributed by atoms with E-state index in [1.54, 1.807) is 0 Å². The first-order valence-electron chi connectivity index (χ1n) is 7.74. The number of carbonyl (C=O) groups is 1. The van der Waals surface area contributed by atoms with Crippen LogP contribution >= 0.6 is 0 Å². The summed E-state index contributed by atoms with van der Waals surface area (Å²) in [6, 6.07) is 0. The lowest BCUT2D eigenvalue weighted by molar-refractivity contribution is -0.161. The van der Waals surface area contributed by atoms with Crippen LogP contribution in [0.2, 0.25) is 0 Å². The quantitative estimate of drug-likeness (QED) is 0.778. The van der Waals surface area contributed by atoms with Crippen LogP contribution in [0.4, 0.5) is 0 Å². The van der Waals surface area contributed by atoms with Crippen molar-refractivity contribution >= 4 is 5.97 Å². The van der Waals surface area contributed by atoms with Crippen molar-refractivity contribution in [3.05, 3.63) is 0 Å². The van der Waals surface area contributed by atoms with E-state index >= 15 is 0 Å². The van der Waals surface area contributed by atoms with E-state index in [2.05, 4.69) is 33.0 Å². The number of hydrogen-bond donors (Lipinski definition) is 1. The molecule has 0 heterocycles. The largest absolute Gasteiger partial charge is 0.462 e. The number of ether oxygens (including phenoxy) is 1. The lowest BCUT2D eigenvalue weighted by Crippen LogP contribution is -2.40. The van der Waals surface area contributed by atoms with Crippen LogP contribution in [0.5, 0.6) is 0 Å². The molecule has 4 unspecified atom stereocenters. The van der Waals surface area contributed by atoms with Gasteiger partial charge in [-0.15, -0.1) is 0 Å².